The third kappa shape index (κ3) is 3.65. The monoisotopic (exact) mass is 322 g/mol. The molecule has 1 aliphatic rings. The van der Waals surface area contributed by atoms with Crippen LogP contribution in [0.15, 0.2) is 48.5 Å². The number of carbonyl (C=O) groups excluding carboxylic acids is 2. The van der Waals surface area contributed by atoms with E-state index >= 15 is 0 Å². The summed E-state index contributed by atoms with van der Waals surface area (Å²) in [4.78, 5) is 26.4. The van der Waals surface area contributed by atoms with Gasteiger partial charge in [-0.25, -0.2) is 0 Å². The minimum Gasteiger partial charge on any atom is -0.352 e. The van der Waals surface area contributed by atoms with Gasteiger partial charge < -0.3 is 10.2 Å². The third-order valence-electron chi connectivity index (χ3n) is 4.32. The molecule has 4 nitrogen and oxygen atoms in total. The lowest BCUT2D eigenvalue weighted by atomic mass is 9.99. The molecule has 0 radical (unpaired) electrons. The summed E-state index contributed by atoms with van der Waals surface area (Å²) in [5.74, 6) is -0.0776. The highest BCUT2D eigenvalue weighted by Crippen LogP contribution is 2.28. The molecule has 0 spiro atoms. The van der Waals surface area contributed by atoms with Crippen LogP contribution in [-0.4, -0.2) is 24.9 Å². The molecule has 0 saturated heterocycles. The topological polar surface area (TPSA) is 49.4 Å². The second kappa shape index (κ2) is 7.30. The van der Waals surface area contributed by atoms with Gasteiger partial charge in [-0.05, 0) is 43.5 Å². The Hall–Kier alpha value is -2.62. The summed E-state index contributed by atoms with van der Waals surface area (Å²) in [6, 6.07) is 15.3. The highest BCUT2D eigenvalue weighted by Gasteiger charge is 2.22. The van der Waals surface area contributed by atoms with Gasteiger partial charge in [-0.15, -0.1) is 0 Å². The van der Waals surface area contributed by atoms with Crippen LogP contribution < -0.4 is 10.2 Å². The average molecular weight is 322 g/mol. The quantitative estimate of drug-likeness (QED) is 0.940. The number of anilines is 1. The maximum Gasteiger partial charge on any atom is 0.251 e. The van der Waals surface area contributed by atoms with Crippen LogP contribution in [0.4, 0.5) is 5.69 Å². The van der Waals surface area contributed by atoms with Crippen LogP contribution in [-0.2, 0) is 11.2 Å². The predicted molar refractivity (Wildman–Crippen MR) is 95.2 cm³/mol. The van der Waals surface area contributed by atoms with Crippen molar-refractivity contribution in [1.82, 2.24) is 5.32 Å². The summed E-state index contributed by atoms with van der Waals surface area (Å²) in [5.41, 5.74) is 4.09. The molecule has 0 atom stereocenters. The summed E-state index contributed by atoms with van der Waals surface area (Å²) >= 11 is 0. The summed E-state index contributed by atoms with van der Waals surface area (Å²) in [7, 11) is 0. The van der Waals surface area contributed by atoms with Crippen molar-refractivity contribution < 1.29 is 9.59 Å². The summed E-state index contributed by atoms with van der Waals surface area (Å²) in [6.45, 7) is 3.17. The van der Waals surface area contributed by atoms with Crippen molar-refractivity contribution in [2.45, 2.75) is 26.2 Å². The van der Waals surface area contributed by atoms with Gasteiger partial charge in [-0.1, -0.05) is 35.9 Å². The fourth-order valence-electron chi connectivity index (χ4n) is 3.09. The zero-order valence-corrected chi connectivity index (χ0v) is 13.9. The molecule has 0 aliphatic carbocycles. The fraction of sp³-hybridized carbons (Fsp3) is 0.300. The Morgan fingerprint density at radius 2 is 1.92 bits per heavy atom. The first kappa shape index (κ1) is 16.2. The van der Waals surface area contributed by atoms with Crippen LogP contribution >= 0.6 is 0 Å². The number of nitrogens with zero attached hydrogens (tertiary/aromatic N) is 1. The molecule has 0 saturated carbocycles. The number of hydrogen-bond acceptors (Lipinski definition) is 2. The standard InChI is InChI=1S/C20H22N2O2/c1-15-9-10-18-17(14-15)8-5-13-22(18)19(23)11-12-21-20(24)16-6-3-2-4-7-16/h2-4,6-7,9-10,14H,5,8,11-13H2,1H3,(H,21,24). The van der Waals surface area contributed by atoms with Crippen molar-refractivity contribution in [3.63, 3.8) is 0 Å². The van der Waals surface area contributed by atoms with Crippen LogP contribution in [0.2, 0.25) is 0 Å². The van der Waals surface area contributed by atoms with E-state index in [9.17, 15) is 9.59 Å². The van der Waals surface area contributed by atoms with E-state index in [4.69, 9.17) is 0 Å². The molecular formula is C20H22N2O2. The van der Waals surface area contributed by atoms with E-state index in [-0.39, 0.29) is 11.8 Å². The summed E-state index contributed by atoms with van der Waals surface area (Å²) in [5, 5.41) is 2.82. The van der Waals surface area contributed by atoms with Crippen molar-refractivity contribution in [3.8, 4) is 0 Å². The molecule has 1 heterocycles. The van der Waals surface area contributed by atoms with Gasteiger partial charge in [-0.3, -0.25) is 9.59 Å². The predicted octanol–water partition coefficient (Wildman–Crippen LogP) is 3.09. The van der Waals surface area contributed by atoms with Gasteiger partial charge in [-0.2, -0.15) is 0 Å². The molecule has 1 N–H and O–H groups in total. The van der Waals surface area contributed by atoms with Crippen LogP contribution in [0.5, 0.6) is 0 Å². The molecule has 2 amide bonds. The number of aryl methyl sites for hydroxylation is 2. The van der Waals surface area contributed by atoms with Gasteiger partial charge >= 0.3 is 0 Å². The molecule has 0 aromatic heterocycles. The summed E-state index contributed by atoms with van der Waals surface area (Å²) in [6.07, 6.45) is 2.32. The van der Waals surface area contributed by atoms with Crippen molar-refractivity contribution in [2.75, 3.05) is 18.0 Å². The SMILES string of the molecule is Cc1ccc2c(c1)CCCN2C(=O)CCNC(=O)c1ccccc1. The second-order valence-electron chi connectivity index (χ2n) is 6.15. The van der Waals surface area contributed by atoms with E-state index in [0.29, 0.717) is 18.5 Å². The van der Waals surface area contributed by atoms with Gasteiger partial charge in [0.2, 0.25) is 5.91 Å². The molecule has 24 heavy (non-hydrogen) atoms. The lowest BCUT2D eigenvalue weighted by Gasteiger charge is -2.30. The van der Waals surface area contributed by atoms with Crippen LogP contribution in [0.25, 0.3) is 0 Å². The first-order chi connectivity index (χ1) is 11.6. The molecule has 124 valence electrons. The smallest absolute Gasteiger partial charge is 0.251 e. The minimum absolute atomic E-state index is 0.0631. The lowest BCUT2D eigenvalue weighted by molar-refractivity contribution is -0.118. The highest BCUT2D eigenvalue weighted by molar-refractivity contribution is 5.96. The van der Waals surface area contributed by atoms with E-state index in [2.05, 4.69) is 18.3 Å². The first-order valence-electron chi connectivity index (χ1n) is 8.38. The second-order valence-corrected chi connectivity index (χ2v) is 6.15. The normalized spacial score (nSPS) is 13.3. The van der Waals surface area contributed by atoms with E-state index in [1.807, 2.05) is 35.2 Å². The van der Waals surface area contributed by atoms with E-state index in [0.717, 1.165) is 25.1 Å². The molecule has 0 bridgehead atoms. The number of amides is 2. The minimum atomic E-state index is -0.141. The number of nitrogens with one attached hydrogen (secondary N) is 1. The Morgan fingerprint density at radius 1 is 1.12 bits per heavy atom. The van der Waals surface area contributed by atoms with E-state index in [1.165, 1.54) is 11.1 Å². The Labute approximate surface area is 142 Å². The van der Waals surface area contributed by atoms with E-state index < -0.39 is 0 Å². The van der Waals surface area contributed by atoms with Crippen molar-refractivity contribution in [1.29, 1.82) is 0 Å². The van der Waals surface area contributed by atoms with Crippen LogP contribution in [0.1, 0.15) is 34.3 Å². The molecule has 4 heteroatoms. The zero-order valence-electron chi connectivity index (χ0n) is 13.9. The van der Waals surface area contributed by atoms with Gasteiger partial charge in [0.1, 0.15) is 0 Å². The number of carbonyl (C=O) groups is 2. The number of benzene rings is 2. The van der Waals surface area contributed by atoms with Crippen LogP contribution in [0, 0.1) is 6.92 Å². The largest absolute Gasteiger partial charge is 0.352 e. The van der Waals surface area contributed by atoms with Crippen molar-refractivity contribution in [3.05, 3.63) is 65.2 Å². The molecule has 2 aromatic carbocycles. The lowest BCUT2D eigenvalue weighted by Crippen LogP contribution is -2.37. The number of rotatable bonds is 4. The average Bonchev–Trinajstić information content (AvgIpc) is 2.61. The molecule has 1 aliphatic heterocycles. The van der Waals surface area contributed by atoms with Gasteiger partial charge in [0, 0.05) is 30.8 Å². The Bertz CT molecular complexity index is 741. The zero-order chi connectivity index (χ0) is 16.9. The number of hydrogen-bond donors (Lipinski definition) is 1. The van der Waals surface area contributed by atoms with E-state index in [1.54, 1.807) is 12.1 Å². The molecular weight excluding hydrogens is 300 g/mol. The van der Waals surface area contributed by atoms with Crippen LogP contribution in [0.3, 0.4) is 0 Å². The fourth-order valence-corrected chi connectivity index (χ4v) is 3.09. The molecule has 3 rings (SSSR count). The molecule has 2 aromatic rings. The first-order valence-corrected chi connectivity index (χ1v) is 8.38. The van der Waals surface area contributed by atoms with Gasteiger partial charge in [0.25, 0.3) is 5.91 Å². The number of fused-ring (bicyclic) bond motifs is 1. The van der Waals surface area contributed by atoms with Crippen molar-refractivity contribution >= 4 is 17.5 Å². The highest BCUT2D eigenvalue weighted by atomic mass is 16.2. The Balaban J connectivity index is 1.58. The Morgan fingerprint density at radius 3 is 2.71 bits per heavy atom. The van der Waals surface area contributed by atoms with Crippen molar-refractivity contribution in [2.24, 2.45) is 0 Å². The van der Waals surface area contributed by atoms with Gasteiger partial charge in [0.15, 0.2) is 0 Å². The maximum absolute atomic E-state index is 12.5. The maximum atomic E-state index is 12.5. The summed E-state index contributed by atoms with van der Waals surface area (Å²) < 4.78 is 0. The molecule has 0 fully saturated rings. The third-order valence-corrected chi connectivity index (χ3v) is 4.32. The van der Waals surface area contributed by atoms with Gasteiger partial charge in [0.05, 0.1) is 0 Å². The Kier molecular flexibility index (Phi) is 4.94. The molecule has 0 unspecified atom stereocenters.